The largest absolute Gasteiger partial charge is 0.511 e. The van der Waals surface area contributed by atoms with Crippen LogP contribution in [0.3, 0.4) is 0 Å². The second-order valence-corrected chi connectivity index (χ2v) is 3.67. The molecule has 0 aromatic rings. The second-order valence-electron chi connectivity index (χ2n) is 3.67. The predicted molar refractivity (Wildman–Crippen MR) is 53.4 cm³/mol. The van der Waals surface area contributed by atoms with E-state index >= 15 is 0 Å². The monoisotopic (exact) mass is 208 g/mol. The normalized spacial score (nSPS) is 29.5. The van der Waals surface area contributed by atoms with Gasteiger partial charge in [-0.3, -0.25) is 0 Å². The van der Waals surface area contributed by atoms with Gasteiger partial charge in [0, 0.05) is 11.8 Å². The lowest BCUT2D eigenvalue weighted by Crippen LogP contribution is -2.33. The molecule has 0 amide bonds. The summed E-state index contributed by atoms with van der Waals surface area (Å²) in [5.74, 6) is -3.53. The van der Waals surface area contributed by atoms with Crippen molar-refractivity contribution in [1.29, 1.82) is 0 Å². The van der Waals surface area contributed by atoms with Gasteiger partial charge in [0.15, 0.2) is 0 Å². The number of hydrogen-bond acceptors (Lipinski definition) is 4. The summed E-state index contributed by atoms with van der Waals surface area (Å²) in [7, 11) is 0. The van der Waals surface area contributed by atoms with E-state index in [-0.39, 0.29) is 23.2 Å². The SMILES string of the molecule is OC1=C(C(O)(O)O)C=CC2C=CC=CC12. The van der Waals surface area contributed by atoms with E-state index < -0.39 is 5.97 Å². The Morgan fingerprint density at radius 2 is 1.67 bits per heavy atom. The Kier molecular flexibility index (Phi) is 2.26. The summed E-state index contributed by atoms with van der Waals surface area (Å²) in [6.07, 6.45) is 10.3. The zero-order valence-electron chi connectivity index (χ0n) is 7.91. The highest BCUT2D eigenvalue weighted by Crippen LogP contribution is 2.35. The van der Waals surface area contributed by atoms with Crippen molar-refractivity contribution in [2.75, 3.05) is 0 Å². The maximum absolute atomic E-state index is 9.76. The van der Waals surface area contributed by atoms with Crippen molar-refractivity contribution in [2.45, 2.75) is 5.97 Å². The molecule has 0 fully saturated rings. The third-order valence-electron chi connectivity index (χ3n) is 2.62. The zero-order valence-corrected chi connectivity index (χ0v) is 7.91. The minimum atomic E-state index is -2.99. The molecule has 0 radical (unpaired) electrons. The molecule has 2 aliphatic rings. The number of hydrogen-bond donors (Lipinski definition) is 4. The van der Waals surface area contributed by atoms with Gasteiger partial charge in [-0.05, 0) is 0 Å². The van der Waals surface area contributed by atoms with Crippen LogP contribution in [0.15, 0.2) is 47.8 Å². The summed E-state index contributed by atoms with van der Waals surface area (Å²) in [6, 6.07) is 0. The fourth-order valence-corrected chi connectivity index (χ4v) is 1.84. The van der Waals surface area contributed by atoms with E-state index in [4.69, 9.17) is 15.3 Å². The Morgan fingerprint density at radius 1 is 1.00 bits per heavy atom. The maximum Gasteiger partial charge on any atom is 0.307 e. The van der Waals surface area contributed by atoms with Crippen LogP contribution in [-0.2, 0) is 0 Å². The maximum atomic E-state index is 9.76. The van der Waals surface area contributed by atoms with E-state index in [9.17, 15) is 5.11 Å². The van der Waals surface area contributed by atoms with Gasteiger partial charge in [-0.1, -0.05) is 36.5 Å². The highest BCUT2D eigenvalue weighted by Gasteiger charge is 2.34. The first-order valence-electron chi connectivity index (χ1n) is 4.64. The molecule has 2 rings (SSSR count). The van der Waals surface area contributed by atoms with Gasteiger partial charge in [0.05, 0.1) is 5.57 Å². The quantitative estimate of drug-likeness (QED) is 0.469. The van der Waals surface area contributed by atoms with Crippen molar-refractivity contribution in [3.05, 3.63) is 47.8 Å². The summed E-state index contributed by atoms with van der Waals surface area (Å²) >= 11 is 0. The van der Waals surface area contributed by atoms with Gasteiger partial charge in [0.2, 0.25) is 0 Å². The first kappa shape index (κ1) is 10.2. The Morgan fingerprint density at radius 3 is 2.33 bits per heavy atom. The lowest BCUT2D eigenvalue weighted by molar-refractivity contribution is -0.281. The molecule has 0 bridgehead atoms. The molecule has 0 heterocycles. The fraction of sp³-hybridized carbons (Fsp3) is 0.273. The number of fused-ring (bicyclic) bond motifs is 1. The van der Waals surface area contributed by atoms with Crippen molar-refractivity contribution < 1.29 is 20.4 Å². The Bertz CT molecular complexity index is 382. The molecule has 0 saturated carbocycles. The summed E-state index contributed by atoms with van der Waals surface area (Å²) in [4.78, 5) is 0. The standard InChI is InChI=1S/C11H12O4/c12-10-8-4-2-1-3-7(8)5-6-9(10)11(13,14)15/h1-8,12-15H. The minimum absolute atomic E-state index is 0.00102. The van der Waals surface area contributed by atoms with Crippen LogP contribution in [0.5, 0.6) is 0 Å². The van der Waals surface area contributed by atoms with Crippen LogP contribution >= 0.6 is 0 Å². The van der Waals surface area contributed by atoms with Crippen molar-refractivity contribution in [3.63, 3.8) is 0 Å². The molecule has 80 valence electrons. The van der Waals surface area contributed by atoms with Crippen molar-refractivity contribution in [2.24, 2.45) is 11.8 Å². The van der Waals surface area contributed by atoms with E-state index in [2.05, 4.69) is 0 Å². The number of aliphatic hydroxyl groups is 4. The summed E-state index contributed by atoms with van der Waals surface area (Å²) in [5, 5.41) is 36.8. The molecular formula is C11H12O4. The van der Waals surface area contributed by atoms with Crippen LogP contribution in [0.1, 0.15) is 0 Å². The van der Waals surface area contributed by atoms with E-state index in [0.717, 1.165) is 0 Å². The van der Waals surface area contributed by atoms with E-state index in [1.54, 1.807) is 18.2 Å². The molecule has 4 N–H and O–H groups in total. The molecule has 2 aliphatic carbocycles. The third-order valence-corrected chi connectivity index (χ3v) is 2.62. The third kappa shape index (κ3) is 1.74. The van der Waals surface area contributed by atoms with Gasteiger partial charge in [0.25, 0.3) is 0 Å². The summed E-state index contributed by atoms with van der Waals surface area (Å²) in [5.41, 5.74) is -0.274. The molecule has 0 aromatic heterocycles. The van der Waals surface area contributed by atoms with Crippen molar-refractivity contribution in [3.8, 4) is 0 Å². The average molecular weight is 208 g/mol. The van der Waals surface area contributed by atoms with Gasteiger partial charge in [-0.15, -0.1) is 0 Å². The predicted octanol–water partition coefficient (Wildman–Crippen LogP) is 0.357. The van der Waals surface area contributed by atoms with Crippen LogP contribution in [0.2, 0.25) is 0 Å². The van der Waals surface area contributed by atoms with E-state index in [1.165, 1.54) is 6.08 Å². The minimum Gasteiger partial charge on any atom is -0.511 e. The lowest BCUT2D eigenvalue weighted by Gasteiger charge is -2.28. The topological polar surface area (TPSA) is 80.9 Å². The van der Waals surface area contributed by atoms with Gasteiger partial charge in [-0.2, -0.15) is 0 Å². The lowest BCUT2D eigenvalue weighted by atomic mass is 9.81. The molecule has 0 spiro atoms. The van der Waals surface area contributed by atoms with Crippen LogP contribution in [-0.4, -0.2) is 26.4 Å². The Balaban J connectivity index is 2.40. The fourth-order valence-electron chi connectivity index (χ4n) is 1.84. The molecule has 0 aromatic carbocycles. The molecule has 2 unspecified atom stereocenters. The molecule has 0 aliphatic heterocycles. The number of aliphatic hydroxyl groups excluding tert-OH is 1. The van der Waals surface area contributed by atoms with Crippen LogP contribution in [0, 0.1) is 11.8 Å². The van der Waals surface area contributed by atoms with Crippen LogP contribution < -0.4 is 0 Å². The second kappa shape index (κ2) is 3.34. The van der Waals surface area contributed by atoms with Crippen molar-refractivity contribution in [1.82, 2.24) is 0 Å². The van der Waals surface area contributed by atoms with Gasteiger partial charge in [0.1, 0.15) is 5.76 Å². The number of allylic oxidation sites excluding steroid dienone is 5. The van der Waals surface area contributed by atoms with Crippen LogP contribution in [0.4, 0.5) is 0 Å². The molecule has 4 nitrogen and oxygen atoms in total. The van der Waals surface area contributed by atoms with Crippen molar-refractivity contribution >= 4 is 0 Å². The van der Waals surface area contributed by atoms with E-state index in [1.807, 2.05) is 12.2 Å². The van der Waals surface area contributed by atoms with Gasteiger partial charge >= 0.3 is 5.97 Å². The average Bonchev–Trinajstić information content (AvgIpc) is 2.16. The first-order valence-corrected chi connectivity index (χ1v) is 4.64. The molecule has 4 heteroatoms. The smallest absolute Gasteiger partial charge is 0.307 e. The zero-order chi connectivity index (χ0) is 11.1. The Labute approximate surface area is 86.8 Å². The van der Waals surface area contributed by atoms with E-state index in [0.29, 0.717) is 0 Å². The highest BCUT2D eigenvalue weighted by atomic mass is 16.7. The van der Waals surface area contributed by atoms with Gasteiger partial charge < -0.3 is 20.4 Å². The summed E-state index contributed by atoms with van der Waals surface area (Å²) < 4.78 is 0. The molecule has 2 atom stereocenters. The molecule has 15 heavy (non-hydrogen) atoms. The molecule has 0 saturated heterocycles. The molecular weight excluding hydrogens is 196 g/mol. The Hall–Kier alpha value is -1.36. The van der Waals surface area contributed by atoms with Gasteiger partial charge in [-0.25, -0.2) is 0 Å². The number of rotatable bonds is 1. The summed E-state index contributed by atoms with van der Waals surface area (Å²) in [6.45, 7) is 0. The first-order chi connectivity index (χ1) is 7.00. The highest BCUT2D eigenvalue weighted by molar-refractivity contribution is 5.38. The van der Waals surface area contributed by atoms with Crippen LogP contribution in [0.25, 0.3) is 0 Å².